The second kappa shape index (κ2) is 13.0. The van der Waals surface area contributed by atoms with E-state index in [2.05, 4.69) is 5.32 Å². The smallest absolute Gasteiger partial charge is 0.309 e. The highest BCUT2D eigenvalue weighted by Crippen LogP contribution is 2.46. The van der Waals surface area contributed by atoms with E-state index >= 15 is 0 Å². The first kappa shape index (κ1) is 30.9. The normalized spacial score (nSPS) is 10.7. The molecule has 45 heavy (non-hydrogen) atoms. The van der Waals surface area contributed by atoms with Crippen LogP contribution in [0.4, 0.5) is 5.69 Å². The second-order valence-electron chi connectivity index (χ2n) is 10.6. The minimum absolute atomic E-state index is 0.218. The van der Waals surface area contributed by atoms with Crippen molar-refractivity contribution in [3.63, 3.8) is 0 Å². The maximum absolute atomic E-state index is 12.9. The highest BCUT2D eigenvalue weighted by Gasteiger charge is 2.27. The molecule has 4 aromatic carbocycles. The largest absolute Gasteiger partial charge is 0.493 e. The fourth-order valence-electron chi connectivity index (χ4n) is 5.15. The van der Waals surface area contributed by atoms with Gasteiger partial charge in [-0.15, -0.1) is 0 Å². The SMILES string of the molecule is COc1cc(-c2nn(-c3ccc(C)cc3C)c(OC(C)=O)c2-c2ccc(NC(=O)c3ccc(C)cc3)cc2)cc(OC)c1OC. The van der Waals surface area contributed by atoms with Gasteiger partial charge in [-0.25, -0.2) is 0 Å². The van der Waals surface area contributed by atoms with Gasteiger partial charge in [-0.05, 0) is 74.4 Å². The first-order valence-corrected chi connectivity index (χ1v) is 14.3. The van der Waals surface area contributed by atoms with Gasteiger partial charge in [0, 0.05) is 23.7 Å². The van der Waals surface area contributed by atoms with Gasteiger partial charge in [-0.3, -0.25) is 9.59 Å². The van der Waals surface area contributed by atoms with Crippen LogP contribution in [0.5, 0.6) is 23.1 Å². The van der Waals surface area contributed by atoms with E-state index in [0.29, 0.717) is 50.9 Å². The lowest BCUT2D eigenvalue weighted by molar-refractivity contribution is -0.132. The van der Waals surface area contributed by atoms with Crippen LogP contribution in [-0.2, 0) is 4.79 Å². The summed E-state index contributed by atoms with van der Waals surface area (Å²) in [6.07, 6.45) is 0. The highest BCUT2D eigenvalue weighted by molar-refractivity contribution is 6.04. The number of methoxy groups -OCH3 is 3. The van der Waals surface area contributed by atoms with E-state index in [9.17, 15) is 9.59 Å². The van der Waals surface area contributed by atoms with Crippen LogP contribution < -0.4 is 24.3 Å². The minimum atomic E-state index is -0.499. The van der Waals surface area contributed by atoms with Crippen LogP contribution in [0.25, 0.3) is 28.1 Å². The molecule has 9 nitrogen and oxygen atoms in total. The molecule has 0 unspecified atom stereocenters. The average Bonchev–Trinajstić information content (AvgIpc) is 3.38. The lowest BCUT2D eigenvalue weighted by Crippen LogP contribution is -2.11. The Kier molecular flexibility index (Phi) is 8.90. The molecule has 0 atom stereocenters. The summed E-state index contributed by atoms with van der Waals surface area (Å²) in [5.41, 5.74) is 7.46. The van der Waals surface area contributed by atoms with Crippen molar-refractivity contribution in [1.82, 2.24) is 9.78 Å². The van der Waals surface area contributed by atoms with Gasteiger partial charge in [0.1, 0.15) is 5.69 Å². The summed E-state index contributed by atoms with van der Waals surface area (Å²) in [5.74, 6) is 0.858. The molecule has 0 saturated carbocycles. The van der Waals surface area contributed by atoms with Crippen LogP contribution in [0, 0.1) is 20.8 Å². The van der Waals surface area contributed by atoms with Crippen LogP contribution in [-0.4, -0.2) is 43.0 Å². The molecule has 230 valence electrons. The van der Waals surface area contributed by atoms with Crippen LogP contribution in [0.15, 0.2) is 78.9 Å². The summed E-state index contributed by atoms with van der Waals surface area (Å²) in [5, 5.41) is 7.96. The van der Waals surface area contributed by atoms with E-state index in [1.807, 2.05) is 63.2 Å². The molecule has 1 heterocycles. The van der Waals surface area contributed by atoms with Gasteiger partial charge < -0.3 is 24.3 Å². The Labute approximate surface area is 262 Å². The van der Waals surface area contributed by atoms with E-state index in [1.165, 1.54) is 6.92 Å². The Bertz CT molecular complexity index is 1850. The number of nitrogens with zero attached hydrogens (tertiary/aromatic N) is 2. The van der Waals surface area contributed by atoms with Crippen LogP contribution in [0.3, 0.4) is 0 Å². The summed E-state index contributed by atoms with van der Waals surface area (Å²) in [6.45, 7) is 7.32. The van der Waals surface area contributed by atoms with E-state index < -0.39 is 5.97 Å². The average molecular weight is 606 g/mol. The maximum atomic E-state index is 12.9. The van der Waals surface area contributed by atoms with Crippen molar-refractivity contribution in [2.75, 3.05) is 26.6 Å². The number of rotatable bonds is 9. The topological polar surface area (TPSA) is 101 Å². The first-order valence-electron chi connectivity index (χ1n) is 14.3. The monoisotopic (exact) mass is 605 g/mol. The quantitative estimate of drug-likeness (QED) is 0.176. The number of hydrogen-bond donors (Lipinski definition) is 1. The van der Waals surface area contributed by atoms with Crippen molar-refractivity contribution >= 4 is 17.6 Å². The molecule has 5 rings (SSSR count). The number of amides is 1. The van der Waals surface area contributed by atoms with Gasteiger partial charge in [-0.1, -0.05) is 47.5 Å². The van der Waals surface area contributed by atoms with Crippen molar-refractivity contribution in [1.29, 1.82) is 0 Å². The Balaban J connectivity index is 1.70. The molecule has 9 heteroatoms. The summed E-state index contributed by atoms with van der Waals surface area (Å²) >= 11 is 0. The highest BCUT2D eigenvalue weighted by atomic mass is 16.5. The van der Waals surface area contributed by atoms with Crippen LogP contribution in [0.2, 0.25) is 0 Å². The van der Waals surface area contributed by atoms with Crippen molar-refractivity contribution in [3.8, 4) is 51.2 Å². The molecule has 1 aromatic heterocycles. The Hall–Kier alpha value is -5.57. The first-order chi connectivity index (χ1) is 21.6. The van der Waals surface area contributed by atoms with E-state index in [1.54, 1.807) is 62.4 Å². The fraction of sp³-hybridized carbons (Fsp3) is 0.194. The third kappa shape index (κ3) is 6.38. The Morgan fingerprint density at radius 1 is 0.733 bits per heavy atom. The number of nitrogens with one attached hydrogen (secondary N) is 1. The van der Waals surface area contributed by atoms with Gasteiger partial charge in [0.2, 0.25) is 11.6 Å². The van der Waals surface area contributed by atoms with Gasteiger partial charge in [0.25, 0.3) is 5.91 Å². The summed E-state index contributed by atoms with van der Waals surface area (Å²) in [6, 6.07) is 24.2. The van der Waals surface area contributed by atoms with Gasteiger partial charge in [-0.2, -0.15) is 9.78 Å². The molecule has 0 spiro atoms. The summed E-state index contributed by atoms with van der Waals surface area (Å²) in [4.78, 5) is 25.4. The van der Waals surface area contributed by atoms with Crippen molar-refractivity contribution in [2.45, 2.75) is 27.7 Å². The number of ether oxygens (including phenoxy) is 4. The molecule has 0 radical (unpaired) electrons. The molecule has 0 saturated heterocycles. The van der Waals surface area contributed by atoms with Crippen molar-refractivity contribution in [3.05, 3.63) is 101 Å². The Morgan fingerprint density at radius 2 is 1.36 bits per heavy atom. The van der Waals surface area contributed by atoms with Gasteiger partial charge in [0.05, 0.1) is 32.6 Å². The molecular formula is C36H35N3O6. The van der Waals surface area contributed by atoms with E-state index in [4.69, 9.17) is 24.0 Å². The number of aromatic nitrogens is 2. The number of hydrogen-bond acceptors (Lipinski definition) is 7. The summed E-state index contributed by atoms with van der Waals surface area (Å²) in [7, 11) is 4.63. The van der Waals surface area contributed by atoms with E-state index in [-0.39, 0.29) is 11.8 Å². The third-order valence-electron chi connectivity index (χ3n) is 7.35. The second-order valence-corrected chi connectivity index (χ2v) is 10.6. The zero-order chi connectivity index (χ0) is 32.2. The zero-order valence-electron chi connectivity index (χ0n) is 26.3. The third-order valence-corrected chi connectivity index (χ3v) is 7.35. The summed E-state index contributed by atoms with van der Waals surface area (Å²) < 4.78 is 24.3. The molecule has 0 fully saturated rings. The Morgan fingerprint density at radius 3 is 1.91 bits per heavy atom. The fourth-order valence-corrected chi connectivity index (χ4v) is 5.15. The molecular weight excluding hydrogens is 570 g/mol. The standard InChI is InChI=1S/C36H35N3O6/c1-21-8-11-26(12-9-21)35(41)37-28-15-13-25(14-16-28)32-33(27-19-30(42-5)34(44-7)31(20-27)43-6)38-39(36(32)45-24(4)40)29-17-10-22(2)18-23(29)3/h8-20H,1-7H3,(H,37,41). The van der Waals surface area contributed by atoms with Gasteiger partial charge >= 0.3 is 5.97 Å². The van der Waals surface area contributed by atoms with Crippen molar-refractivity contribution < 1.29 is 28.5 Å². The minimum Gasteiger partial charge on any atom is -0.493 e. The molecule has 0 aliphatic carbocycles. The van der Waals surface area contributed by atoms with Gasteiger partial charge in [0.15, 0.2) is 11.5 Å². The van der Waals surface area contributed by atoms with Crippen LogP contribution >= 0.6 is 0 Å². The molecule has 1 amide bonds. The number of anilines is 1. The predicted molar refractivity (Wildman–Crippen MR) is 174 cm³/mol. The molecule has 1 N–H and O–H groups in total. The number of carbonyl (C=O) groups excluding carboxylic acids is 2. The molecule has 0 aliphatic rings. The molecule has 5 aromatic rings. The number of benzene rings is 4. The van der Waals surface area contributed by atoms with Crippen LogP contribution in [0.1, 0.15) is 34.0 Å². The lowest BCUT2D eigenvalue weighted by atomic mass is 10.00. The maximum Gasteiger partial charge on any atom is 0.309 e. The number of esters is 1. The number of aryl methyl sites for hydroxylation is 3. The van der Waals surface area contributed by atoms with E-state index in [0.717, 1.165) is 22.4 Å². The molecule has 0 bridgehead atoms. The lowest BCUT2D eigenvalue weighted by Gasteiger charge is -2.14. The number of carbonyl (C=O) groups is 2. The van der Waals surface area contributed by atoms with Crippen molar-refractivity contribution in [2.24, 2.45) is 0 Å². The molecule has 0 aliphatic heterocycles. The predicted octanol–water partition coefficient (Wildman–Crippen LogP) is 7.33. The zero-order valence-corrected chi connectivity index (χ0v) is 26.3.